The van der Waals surface area contributed by atoms with E-state index in [0.717, 1.165) is 18.9 Å². The highest BCUT2D eigenvalue weighted by atomic mass is 16.5. The van der Waals surface area contributed by atoms with Crippen molar-refractivity contribution in [2.24, 2.45) is 0 Å². The molecule has 0 amide bonds. The van der Waals surface area contributed by atoms with Crippen molar-refractivity contribution in [2.45, 2.75) is 19.9 Å². The van der Waals surface area contributed by atoms with Crippen LogP contribution in [0.4, 0.5) is 5.69 Å². The monoisotopic (exact) mass is 255 g/mol. The molecule has 0 bridgehead atoms. The lowest BCUT2D eigenvalue weighted by molar-refractivity contribution is 0.141. The maximum Gasteiger partial charge on any atom is 0.0664 e. The standard InChI is InChI=1S/C17H21NO/c1-3-19-13-14(2)18-17-11-9-16(10-12-17)15-7-5-4-6-8-15/h4-12,14,18H,3,13H2,1-2H3. The molecule has 2 aromatic carbocycles. The van der Waals surface area contributed by atoms with Crippen LogP contribution in [0.25, 0.3) is 11.1 Å². The first-order valence-electron chi connectivity index (χ1n) is 6.79. The average molecular weight is 255 g/mol. The number of benzene rings is 2. The SMILES string of the molecule is CCOCC(C)Nc1ccc(-c2ccccc2)cc1. The summed E-state index contributed by atoms with van der Waals surface area (Å²) in [5.74, 6) is 0. The second kappa shape index (κ2) is 6.95. The summed E-state index contributed by atoms with van der Waals surface area (Å²) in [6, 6.07) is 19.3. The van der Waals surface area contributed by atoms with Crippen LogP contribution >= 0.6 is 0 Å². The highest BCUT2D eigenvalue weighted by Gasteiger charge is 2.02. The smallest absolute Gasteiger partial charge is 0.0664 e. The van der Waals surface area contributed by atoms with Crippen LogP contribution in [-0.2, 0) is 4.74 Å². The Hall–Kier alpha value is -1.80. The fourth-order valence-corrected chi connectivity index (χ4v) is 2.01. The van der Waals surface area contributed by atoms with Crippen molar-refractivity contribution in [3.05, 3.63) is 54.6 Å². The zero-order valence-electron chi connectivity index (χ0n) is 11.6. The van der Waals surface area contributed by atoms with Gasteiger partial charge in [0.15, 0.2) is 0 Å². The lowest BCUT2D eigenvalue weighted by atomic mass is 10.1. The molecule has 2 aromatic rings. The van der Waals surface area contributed by atoms with Crippen LogP contribution in [0.5, 0.6) is 0 Å². The summed E-state index contributed by atoms with van der Waals surface area (Å²) in [4.78, 5) is 0. The van der Waals surface area contributed by atoms with Crippen molar-refractivity contribution < 1.29 is 4.74 Å². The van der Waals surface area contributed by atoms with Crippen LogP contribution in [0.2, 0.25) is 0 Å². The molecule has 0 saturated carbocycles. The van der Waals surface area contributed by atoms with Crippen LogP contribution in [0.3, 0.4) is 0 Å². The molecule has 0 spiro atoms. The van der Waals surface area contributed by atoms with E-state index in [0.29, 0.717) is 6.04 Å². The molecule has 0 radical (unpaired) electrons. The first kappa shape index (κ1) is 13.6. The van der Waals surface area contributed by atoms with E-state index in [9.17, 15) is 0 Å². The molecule has 1 N–H and O–H groups in total. The van der Waals surface area contributed by atoms with Crippen LogP contribution in [-0.4, -0.2) is 19.3 Å². The van der Waals surface area contributed by atoms with Crippen molar-refractivity contribution >= 4 is 5.69 Å². The zero-order valence-corrected chi connectivity index (χ0v) is 11.6. The topological polar surface area (TPSA) is 21.3 Å². The number of hydrogen-bond donors (Lipinski definition) is 1. The highest BCUT2D eigenvalue weighted by Crippen LogP contribution is 2.21. The van der Waals surface area contributed by atoms with E-state index >= 15 is 0 Å². The van der Waals surface area contributed by atoms with Gasteiger partial charge in [0.1, 0.15) is 0 Å². The van der Waals surface area contributed by atoms with E-state index in [1.807, 2.05) is 13.0 Å². The first-order chi connectivity index (χ1) is 9.29. The third kappa shape index (κ3) is 4.11. The molecule has 2 nitrogen and oxygen atoms in total. The largest absolute Gasteiger partial charge is 0.380 e. The van der Waals surface area contributed by atoms with E-state index in [1.165, 1.54) is 11.1 Å². The van der Waals surface area contributed by atoms with Gasteiger partial charge in [-0.25, -0.2) is 0 Å². The van der Waals surface area contributed by atoms with Crippen LogP contribution in [0.15, 0.2) is 54.6 Å². The molecule has 1 atom stereocenters. The lowest BCUT2D eigenvalue weighted by Gasteiger charge is -2.15. The number of anilines is 1. The fourth-order valence-electron chi connectivity index (χ4n) is 2.01. The molecule has 100 valence electrons. The van der Waals surface area contributed by atoms with E-state index < -0.39 is 0 Å². The van der Waals surface area contributed by atoms with E-state index in [4.69, 9.17) is 4.74 Å². The molecule has 19 heavy (non-hydrogen) atoms. The van der Waals surface area contributed by atoms with Crippen molar-refractivity contribution in [2.75, 3.05) is 18.5 Å². The molecule has 0 aromatic heterocycles. The summed E-state index contributed by atoms with van der Waals surface area (Å²) >= 11 is 0. The summed E-state index contributed by atoms with van der Waals surface area (Å²) in [6.07, 6.45) is 0. The van der Waals surface area contributed by atoms with Gasteiger partial charge in [0.05, 0.1) is 6.61 Å². The Morgan fingerprint density at radius 3 is 2.21 bits per heavy atom. The maximum atomic E-state index is 5.40. The lowest BCUT2D eigenvalue weighted by Crippen LogP contribution is -2.21. The normalized spacial score (nSPS) is 12.1. The van der Waals surface area contributed by atoms with Gasteiger partial charge >= 0.3 is 0 Å². The molecule has 0 heterocycles. The minimum atomic E-state index is 0.322. The molecule has 2 rings (SSSR count). The van der Waals surface area contributed by atoms with E-state index in [-0.39, 0.29) is 0 Å². The van der Waals surface area contributed by atoms with E-state index in [1.54, 1.807) is 0 Å². The Morgan fingerprint density at radius 2 is 1.58 bits per heavy atom. The second-order valence-electron chi connectivity index (χ2n) is 4.65. The summed E-state index contributed by atoms with van der Waals surface area (Å²) in [5.41, 5.74) is 3.62. The minimum Gasteiger partial charge on any atom is -0.380 e. The quantitative estimate of drug-likeness (QED) is 0.835. The van der Waals surface area contributed by atoms with Gasteiger partial charge in [0, 0.05) is 18.3 Å². The zero-order chi connectivity index (χ0) is 13.5. The predicted molar refractivity (Wildman–Crippen MR) is 81.5 cm³/mol. The molecule has 2 heteroatoms. The van der Waals surface area contributed by atoms with Gasteiger partial charge in [-0.3, -0.25) is 0 Å². The number of hydrogen-bond acceptors (Lipinski definition) is 2. The van der Waals surface area contributed by atoms with Crippen LogP contribution < -0.4 is 5.32 Å². The number of nitrogens with one attached hydrogen (secondary N) is 1. The maximum absolute atomic E-state index is 5.40. The predicted octanol–water partition coefficient (Wildman–Crippen LogP) is 4.19. The van der Waals surface area contributed by atoms with Gasteiger partial charge in [0.2, 0.25) is 0 Å². The number of ether oxygens (including phenoxy) is 1. The van der Waals surface area contributed by atoms with Gasteiger partial charge in [-0.1, -0.05) is 42.5 Å². The van der Waals surface area contributed by atoms with Gasteiger partial charge in [0.25, 0.3) is 0 Å². The molecule has 0 aliphatic carbocycles. The van der Waals surface area contributed by atoms with Crippen molar-refractivity contribution in [3.8, 4) is 11.1 Å². The third-order valence-corrected chi connectivity index (χ3v) is 2.98. The fraction of sp³-hybridized carbons (Fsp3) is 0.294. The number of rotatable bonds is 6. The molecule has 1 unspecified atom stereocenters. The Balaban J connectivity index is 1.99. The Morgan fingerprint density at radius 1 is 0.947 bits per heavy atom. The van der Waals surface area contributed by atoms with Gasteiger partial charge in [-0.05, 0) is 37.1 Å². The minimum absolute atomic E-state index is 0.322. The molecule has 0 saturated heterocycles. The summed E-state index contributed by atoms with van der Waals surface area (Å²) in [5, 5.41) is 3.43. The second-order valence-corrected chi connectivity index (χ2v) is 4.65. The first-order valence-corrected chi connectivity index (χ1v) is 6.79. The van der Waals surface area contributed by atoms with Crippen molar-refractivity contribution in [1.82, 2.24) is 0 Å². The van der Waals surface area contributed by atoms with Gasteiger partial charge < -0.3 is 10.1 Å². The summed E-state index contributed by atoms with van der Waals surface area (Å²) < 4.78 is 5.40. The van der Waals surface area contributed by atoms with Crippen LogP contribution in [0, 0.1) is 0 Å². The molecule has 0 aliphatic heterocycles. The highest BCUT2D eigenvalue weighted by molar-refractivity contribution is 5.65. The van der Waals surface area contributed by atoms with Crippen LogP contribution in [0.1, 0.15) is 13.8 Å². The van der Waals surface area contributed by atoms with Crippen molar-refractivity contribution in [1.29, 1.82) is 0 Å². The molecule has 0 aliphatic rings. The Kier molecular flexibility index (Phi) is 4.99. The Bertz CT molecular complexity index is 478. The van der Waals surface area contributed by atoms with Gasteiger partial charge in [-0.15, -0.1) is 0 Å². The summed E-state index contributed by atoms with van der Waals surface area (Å²) in [6.45, 7) is 5.64. The van der Waals surface area contributed by atoms with Crippen molar-refractivity contribution in [3.63, 3.8) is 0 Å². The molecule has 0 fully saturated rings. The van der Waals surface area contributed by atoms with E-state index in [2.05, 4.69) is 60.8 Å². The third-order valence-electron chi connectivity index (χ3n) is 2.98. The summed E-state index contributed by atoms with van der Waals surface area (Å²) in [7, 11) is 0. The molecular weight excluding hydrogens is 234 g/mol. The Labute approximate surface area is 115 Å². The molecular formula is C17H21NO. The van der Waals surface area contributed by atoms with Gasteiger partial charge in [-0.2, -0.15) is 0 Å². The average Bonchev–Trinajstić information content (AvgIpc) is 2.47.